The molecule has 0 saturated carbocycles. The molecule has 2 atom stereocenters. The van der Waals surface area contributed by atoms with Crippen molar-refractivity contribution in [1.29, 1.82) is 0 Å². The fourth-order valence-electron chi connectivity index (χ4n) is 1.78. The molecule has 0 radical (unpaired) electrons. The minimum absolute atomic E-state index is 0.0217. The number of nitrogens with zero attached hydrogens (tertiary/aromatic N) is 3. The van der Waals surface area contributed by atoms with E-state index in [9.17, 15) is 15.2 Å². The van der Waals surface area contributed by atoms with Gasteiger partial charge in [-0.25, -0.2) is 0 Å². The van der Waals surface area contributed by atoms with Crippen molar-refractivity contribution < 1.29 is 14.4 Å². The predicted molar refractivity (Wildman–Crippen MR) is 70.0 cm³/mol. The standard InChI is InChI=1S/C12H16N4O4/c1-9(12-3-2-4-20-12)13-6-11(17)8-15-7-10(5-14-15)16(18)19/h2-5,7,9,11,13,17H,6,8H2,1H3/t9-,11?/m0/s1. The van der Waals surface area contributed by atoms with Crippen molar-refractivity contribution in [2.45, 2.75) is 25.6 Å². The van der Waals surface area contributed by atoms with Gasteiger partial charge >= 0.3 is 5.69 Å². The number of nitrogens with one attached hydrogen (secondary N) is 1. The second-order valence-corrected chi connectivity index (χ2v) is 4.48. The number of hydrogen-bond acceptors (Lipinski definition) is 6. The largest absolute Gasteiger partial charge is 0.468 e. The normalized spacial score (nSPS) is 14.1. The Morgan fingerprint density at radius 1 is 1.65 bits per heavy atom. The van der Waals surface area contributed by atoms with E-state index in [1.54, 1.807) is 12.3 Å². The lowest BCUT2D eigenvalue weighted by atomic mass is 10.2. The molecule has 2 aromatic heterocycles. The Morgan fingerprint density at radius 3 is 3.05 bits per heavy atom. The summed E-state index contributed by atoms with van der Waals surface area (Å²) in [4.78, 5) is 9.99. The maximum atomic E-state index is 10.5. The number of rotatable bonds is 7. The van der Waals surface area contributed by atoms with Crippen LogP contribution in [0.25, 0.3) is 0 Å². The average Bonchev–Trinajstić information content (AvgIpc) is 3.06. The summed E-state index contributed by atoms with van der Waals surface area (Å²) in [6.45, 7) is 2.44. The molecule has 2 N–H and O–H groups in total. The average molecular weight is 280 g/mol. The molecule has 0 fully saturated rings. The summed E-state index contributed by atoms with van der Waals surface area (Å²) in [6, 6.07) is 3.62. The summed E-state index contributed by atoms with van der Waals surface area (Å²) >= 11 is 0. The van der Waals surface area contributed by atoms with Gasteiger partial charge in [-0.3, -0.25) is 14.8 Å². The lowest BCUT2D eigenvalue weighted by Crippen LogP contribution is -2.32. The maximum absolute atomic E-state index is 10.5. The van der Waals surface area contributed by atoms with Crippen molar-refractivity contribution >= 4 is 5.69 Å². The number of nitro groups is 1. The number of furan rings is 1. The summed E-state index contributed by atoms with van der Waals surface area (Å²) in [5, 5.41) is 27.3. The van der Waals surface area contributed by atoms with Crippen molar-refractivity contribution in [2.75, 3.05) is 6.54 Å². The Labute approximate surface area is 115 Å². The van der Waals surface area contributed by atoms with Gasteiger partial charge in [-0.1, -0.05) is 0 Å². The Balaban J connectivity index is 1.80. The molecule has 0 bridgehead atoms. The number of aromatic nitrogens is 2. The van der Waals surface area contributed by atoms with Crippen molar-refractivity contribution in [2.24, 2.45) is 0 Å². The highest BCUT2D eigenvalue weighted by molar-refractivity contribution is 5.20. The first kappa shape index (κ1) is 14.2. The minimum Gasteiger partial charge on any atom is -0.468 e. The van der Waals surface area contributed by atoms with E-state index in [4.69, 9.17) is 4.42 Å². The van der Waals surface area contributed by atoms with Gasteiger partial charge in [-0.15, -0.1) is 0 Å². The fourth-order valence-corrected chi connectivity index (χ4v) is 1.78. The Hall–Kier alpha value is -2.19. The molecule has 20 heavy (non-hydrogen) atoms. The topological polar surface area (TPSA) is 106 Å². The fraction of sp³-hybridized carbons (Fsp3) is 0.417. The molecule has 2 heterocycles. The third-order valence-corrected chi connectivity index (χ3v) is 2.86. The highest BCUT2D eigenvalue weighted by atomic mass is 16.6. The van der Waals surface area contributed by atoms with E-state index >= 15 is 0 Å². The lowest BCUT2D eigenvalue weighted by Gasteiger charge is -2.15. The molecular formula is C12H16N4O4. The molecule has 0 aliphatic rings. The van der Waals surface area contributed by atoms with Crippen LogP contribution in [0, 0.1) is 10.1 Å². The van der Waals surface area contributed by atoms with E-state index in [2.05, 4.69) is 10.4 Å². The maximum Gasteiger partial charge on any atom is 0.306 e. The quantitative estimate of drug-likeness (QED) is 0.581. The second-order valence-electron chi connectivity index (χ2n) is 4.48. The van der Waals surface area contributed by atoms with Crippen molar-refractivity contribution in [3.8, 4) is 0 Å². The van der Waals surface area contributed by atoms with Crippen molar-refractivity contribution in [1.82, 2.24) is 15.1 Å². The Bertz CT molecular complexity index is 552. The van der Waals surface area contributed by atoms with Gasteiger partial charge in [0.1, 0.15) is 18.2 Å². The highest BCUT2D eigenvalue weighted by Gasteiger charge is 2.14. The predicted octanol–water partition coefficient (Wildman–Crippen LogP) is 1.10. The van der Waals surface area contributed by atoms with Gasteiger partial charge in [-0.2, -0.15) is 5.10 Å². The highest BCUT2D eigenvalue weighted by Crippen LogP contribution is 2.12. The first-order chi connectivity index (χ1) is 9.56. The van der Waals surface area contributed by atoms with Crippen molar-refractivity contribution in [3.05, 3.63) is 46.7 Å². The van der Waals surface area contributed by atoms with Crippen LogP contribution < -0.4 is 5.32 Å². The van der Waals surface area contributed by atoms with E-state index in [1.165, 1.54) is 10.9 Å². The van der Waals surface area contributed by atoms with Crippen LogP contribution in [0.15, 0.2) is 35.2 Å². The van der Waals surface area contributed by atoms with Gasteiger partial charge in [0, 0.05) is 6.54 Å². The van der Waals surface area contributed by atoms with Crippen molar-refractivity contribution in [3.63, 3.8) is 0 Å². The molecule has 0 saturated heterocycles. The summed E-state index contributed by atoms with van der Waals surface area (Å²) in [5.74, 6) is 0.784. The first-order valence-electron chi connectivity index (χ1n) is 6.18. The number of hydrogen-bond donors (Lipinski definition) is 2. The van der Waals surface area contributed by atoms with Crippen LogP contribution in [0.1, 0.15) is 18.7 Å². The van der Waals surface area contributed by atoms with Gasteiger partial charge < -0.3 is 14.8 Å². The van der Waals surface area contributed by atoms with Gasteiger partial charge in [0.2, 0.25) is 0 Å². The van der Waals surface area contributed by atoms with Crippen LogP contribution in [0.3, 0.4) is 0 Å². The van der Waals surface area contributed by atoms with Gasteiger partial charge in [0.25, 0.3) is 0 Å². The smallest absolute Gasteiger partial charge is 0.306 e. The van der Waals surface area contributed by atoms with Crippen LogP contribution in [0.5, 0.6) is 0 Å². The van der Waals surface area contributed by atoms with E-state index in [0.29, 0.717) is 6.54 Å². The molecule has 2 rings (SSSR count). The van der Waals surface area contributed by atoms with Gasteiger partial charge in [0.05, 0.1) is 29.9 Å². The zero-order valence-corrected chi connectivity index (χ0v) is 11.0. The molecule has 2 aromatic rings. The molecule has 108 valence electrons. The molecule has 1 unspecified atom stereocenters. The lowest BCUT2D eigenvalue weighted by molar-refractivity contribution is -0.385. The minimum atomic E-state index is -0.702. The van der Waals surface area contributed by atoms with E-state index in [0.717, 1.165) is 12.0 Å². The Kier molecular flexibility index (Phi) is 4.49. The molecule has 0 aromatic carbocycles. The molecule has 0 spiro atoms. The summed E-state index contributed by atoms with van der Waals surface area (Å²) in [6.07, 6.45) is 3.34. The zero-order valence-electron chi connectivity index (χ0n) is 11.0. The number of aliphatic hydroxyl groups is 1. The third kappa shape index (κ3) is 3.65. The van der Waals surface area contributed by atoms with Gasteiger partial charge in [0.15, 0.2) is 0 Å². The summed E-state index contributed by atoms with van der Waals surface area (Å²) in [7, 11) is 0. The zero-order chi connectivity index (χ0) is 14.5. The van der Waals surface area contributed by atoms with E-state index in [1.807, 2.05) is 13.0 Å². The van der Waals surface area contributed by atoms with Crippen LogP contribution in [0.2, 0.25) is 0 Å². The monoisotopic (exact) mass is 280 g/mol. The molecule has 0 aliphatic heterocycles. The van der Waals surface area contributed by atoms with Crippen LogP contribution >= 0.6 is 0 Å². The Morgan fingerprint density at radius 2 is 2.45 bits per heavy atom. The van der Waals surface area contributed by atoms with Crippen LogP contribution in [0.4, 0.5) is 5.69 Å². The molecule has 8 nitrogen and oxygen atoms in total. The van der Waals surface area contributed by atoms with Crippen LogP contribution in [-0.4, -0.2) is 32.5 Å². The first-order valence-corrected chi connectivity index (χ1v) is 6.18. The van der Waals surface area contributed by atoms with Crippen LogP contribution in [-0.2, 0) is 6.54 Å². The SMILES string of the molecule is C[C@H](NCC(O)Cn1cc([N+](=O)[O-])cn1)c1ccco1. The third-order valence-electron chi connectivity index (χ3n) is 2.86. The van der Waals surface area contributed by atoms with E-state index in [-0.39, 0.29) is 18.3 Å². The molecule has 0 amide bonds. The molecule has 8 heteroatoms. The van der Waals surface area contributed by atoms with Gasteiger partial charge in [-0.05, 0) is 19.1 Å². The molecule has 0 aliphatic carbocycles. The number of aliphatic hydroxyl groups excluding tert-OH is 1. The summed E-state index contributed by atoms with van der Waals surface area (Å²) in [5.41, 5.74) is -0.0888. The van der Waals surface area contributed by atoms with E-state index < -0.39 is 11.0 Å². The second kappa shape index (κ2) is 6.31. The molecular weight excluding hydrogens is 264 g/mol. The summed E-state index contributed by atoms with van der Waals surface area (Å²) < 4.78 is 6.59.